The molecule has 2 rings (SSSR count). The van der Waals surface area contributed by atoms with Gasteiger partial charge in [-0.1, -0.05) is 22.5 Å². The van der Waals surface area contributed by atoms with E-state index < -0.39 is 17.4 Å². The predicted molar refractivity (Wildman–Crippen MR) is 81.5 cm³/mol. The Morgan fingerprint density at radius 2 is 2.33 bits per heavy atom. The van der Waals surface area contributed by atoms with Crippen molar-refractivity contribution in [1.29, 1.82) is 0 Å². The quantitative estimate of drug-likeness (QED) is 0.596. The van der Waals surface area contributed by atoms with E-state index in [1.807, 2.05) is 13.8 Å². The van der Waals surface area contributed by atoms with Crippen LogP contribution in [-0.2, 0) is 14.3 Å². The number of aliphatic hydroxyl groups is 1. The van der Waals surface area contributed by atoms with Gasteiger partial charge < -0.3 is 19.5 Å². The summed E-state index contributed by atoms with van der Waals surface area (Å²) >= 11 is 3.21. The zero-order valence-corrected chi connectivity index (χ0v) is 13.9. The van der Waals surface area contributed by atoms with Crippen LogP contribution >= 0.6 is 15.9 Å². The number of halogens is 1. The first kappa shape index (κ1) is 16.5. The summed E-state index contributed by atoms with van der Waals surface area (Å²) < 4.78 is 11.9. The number of carbonyl (C=O) groups is 1. The Kier molecular flexibility index (Phi) is 4.50. The predicted octanol–water partition coefficient (Wildman–Crippen LogP) is 1.40. The Balaban J connectivity index is 2.20. The van der Waals surface area contributed by atoms with Crippen LogP contribution in [0.4, 0.5) is 0 Å². The van der Waals surface area contributed by atoms with E-state index in [2.05, 4.69) is 28.4 Å². The van der Waals surface area contributed by atoms with Crippen LogP contribution < -0.4 is 0 Å². The second-order valence-corrected chi connectivity index (χ2v) is 7.00. The maximum absolute atomic E-state index is 12.3. The second-order valence-electron chi connectivity index (χ2n) is 5.88. The van der Waals surface area contributed by atoms with Gasteiger partial charge in [-0.15, -0.1) is 12.3 Å². The van der Waals surface area contributed by atoms with Crippen molar-refractivity contribution in [2.24, 2.45) is 0 Å². The lowest BCUT2D eigenvalue weighted by atomic mass is 9.76. The van der Waals surface area contributed by atoms with E-state index in [9.17, 15) is 9.90 Å². The van der Waals surface area contributed by atoms with E-state index >= 15 is 0 Å². The SMILES string of the molecule is C#CCCN1C(=O)[C@@](O)(CC(=C)Br)[C@@H]1[C@H]1COC(C)(C)O1. The highest BCUT2D eigenvalue weighted by Crippen LogP contribution is 2.42. The fourth-order valence-corrected chi connectivity index (χ4v) is 3.40. The molecule has 2 heterocycles. The first-order valence-corrected chi connectivity index (χ1v) is 7.62. The third-order valence-corrected chi connectivity index (χ3v) is 4.08. The first-order valence-electron chi connectivity index (χ1n) is 6.83. The lowest BCUT2D eigenvalue weighted by Gasteiger charge is -2.54. The number of hydrogen-bond acceptors (Lipinski definition) is 4. The van der Waals surface area contributed by atoms with Crippen molar-refractivity contribution in [3.63, 3.8) is 0 Å². The lowest BCUT2D eigenvalue weighted by molar-refractivity contribution is -0.214. The molecule has 1 N–H and O–H groups in total. The topological polar surface area (TPSA) is 59.0 Å². The Labute approximate surface area is 133 Å². The molecule has 1 amide bonds. The highest BCUT2D eigenvalue weighted by atomic mass is 79.9. The van der Waals surface area contributed by atoms with Crippen molar-refractivity contribution in [2.75, 3.05) is 13.2 Å². The van der Waals surface area contributed by atoms with Gasteiger partial charge >= 0.3 is 0 Å². The van der Waals surface area contributed by atoms with Crippen LogP contribution in [0.5, 0.6) is 0 Å². The van der Waals surface area contributed by atoms with Gasteiger partial charge in [0.05, 0.1) is 12.6 Å². The Bertz CT molecular complexity index is 498. The minimum absolute atomic E-state index is 0.142. The molecular formula is C15H20BrNO4. The molecule has 0 aromatic rings. The summed E-state index contributed by atoms with van der Waals surface area (Å²) in [5.74, 6) is 1.46. The molecular weight excluding hydrogens is 338 g/mol. The van der Waals surface area contributed by atoms with Gasteiger partial charge in [-0.3, -0.25) is 4.79 Å². The van der Waals surface area contributed by atoms with Gasteiger partial charge in [0.25, 0.3) is 5.91 Å². The summed E-state index contributed by atoms with van der Waals surface area (Å²) in [6.07, 6.45) is 5.46. The van der Waals surface area contributed by atoms with E-state index in [0.29, 0.717) is 24.1 Å². The average molecular weight is 358 g/mol. The van der Waals surface area contributed by atoms with Crippen LogP contribution in [0.1, 0.15) is 26.7 Å². The number of likely N-dealkylation sites (tertiary alicyclic amines) is 1. The van der Waals surface area contributed by atoms with Crippen LogP contribution in [0.2, 0.25) is 0 Å². The highest BCUT2D eigenvalue weighted by molar-refractivity contribution is 9.11. The number of β-lactam (4-membered cyclic amide) rings is 1. The summed E-state index contributed by atoms with van der Waals surface area (Å²) in [5.41, 5.74) is -1.51. The standard InChI is InChI=1S/C15H20BrNO4/c1-5-6-7-17-12(11-9-20-14(3,4)21-11)15(19,13(17)18)8-10(2)16/h1,11-12,19H,2,6-9H2,3-4H3/t11-,12+,15-/m1/s1. The molecule has 2 aliphatic rings. The van der Waals surface area contributed by atoms with Gasteiger partial charge in [0.2, 0.25) is 0 Å². The molecule has 21 heavy (non-hydrogen) atoms. The maximum atomic E-state index is 12.3. The fourth-order valence-electron chi connectivity index (χ4n) is 2.97. The zero-order valence-electron chi connectivity index (χ0n) is 12.3. The molecule has 5 nitrogen and oxygen atoms in total. The molecule has 0 bridgehead atoms. The number of terminal acetylenes is 1. The molecule has 0 aliphatic carbocycles. The Morgan fingerprint density at radius 1 is 1.67 bits per heavy atom. The van der Waals surface area contributed by atoms with Crippen molar-refractivity contribution >= 4 is 21.8 Å². The molecule has 0 radical (unpaired) electrons. The Morgan fingerprint density at radius 3 is 2.81 bits per heavy atom. The molecule has 6 heteroatoms. The van der Waals surface area contributed by atoms with Crippen LogP contribution in [0.3, 0.4) is 0 Å². The lowest BCUT2D eigenvalue weighted by Crippen LogP contribution is -2.77. The van der Waals surface area contributed by atoms with E-state index in [0.717, 1.165) is 0 Å². The van der Waals surface area contributed by atoms with Crippen LogP contribution in [0, 0.1) is 12.3 Å². The van der Waals surface area contributed by atoms with Crippen molar-refractivity contribution in [3.05, 3.63) is 11.1 Å². The number of nitrogens with zero attached hydrogens (tertiary/aromatic N) is 1. The molecule has 0 aromatic carbocycles. The minimum atomic E-state index is -1.51. The minimum Gasteiger partial charge on any atom is -0.377 e. The van der Waals surface area contributed by atoms with Crippen molar-refractivity contribution in [2.45, 2.75) is 50.2 Å². The molecule has 0 unspecified atom stereocenters. The number of amides is 1. The van der Waals surface area contributed by atoms with E-state index in [1.54, 1.807) is 4.90 Å². The van der Waals surface area contributed by atoms with Gasteiger partial charge in [0.1, 0.15) is 6.10 Å². The van der Waals surface area contributed by atoms with Crippen molar-refractivity contribution in [1.82, 2.24) is 4.90 Å². The molecule has 0 spiro atoms. The molecule has 2 saturated heterocycles. The molecule has 2 fully saturated rings. The highest BCUT2D eigenvalue weighted by Gasteiger charge is 2.64. The molecule has 116 valence electrons. The molecule has 0 saturated carbocycles. The van der Waals surface area contributed by atoms with Crippen molar-refractivity contribution in [3.8, 4) is 12.3 Å². The number of rotatable bonds is 5. The first-order chi connectivity index (χ1) is 9.71. The smallest absolute Gasteiger partial charge is 0.257 e. The summed E-state index contributed by atoms with van der Waals surface area (Å²) in [6.45, 7) is 8.06. The normalized spacial score (nSPS) is 34.4. The average Bonchev–Trinajstić information content (AvgIpc) is 2.72. The number of hydrogen-bond donors (Lipinski definition) is 1. The van der Waals surface area contributed by atoms with E-state index in [4.69, 9.17) is 15.9 Å². The summed E-state index contributed by atoms with van der Waals surface area (Å²) in [4.78, 5) is 13.9. The van der Waals surface area contributed by atoms with Crippen molar-refractivity contribution < 1.29 is 19.4 Å². The second kappa shape index (κ2) is 5.73. The third kappa shape index (κ3) is 3.02. The largest absolute Gasteiger partial charge is 0.377 e. The van der Waals surface area contributed by atoms with Crippen LogP contribution in [-0.4, -0.2) is 52.6 Å². The molecule has 2 aliphatic heterocycles. The molecule has 3 atom stereocenters. The number of ether oxygens (including phenoxy) is 2. The fraction of sp³-hybridized carbons (Fsp3) is 0.667. The zero-order chi connectivity index (χ0) is 15.8. The van der Waals surface area contributed by atoms with Gasteiger partial charge in [0.15, 0.2) is 11.4 Å². The van der Waals surface area contributed by atoms with Crippen LogP contribution in [0.15, 0.2) is 11.1 Å². The van der Waals surface area contributed by atoms with Gasteiger partial charge in [-0.25, -0.2) is 0 Å². The Hall–Kier alpha value is -0.870. The van der Waals surface area contributed by atoms with Crippen LogP contribution in [0.25, 0.3) is 0 Å². The number of carbonyl (C=O) groups excluding carboxylic acids is 1. The molecule has 0 aromatic heterocycles. The van der Waals surface area contributed by atoms with Gasteiger partial charge in [0, 0.05) is 19.4 Å². The maximum Gasteiger partial charge on any atom is 0.257 e. The summed E-state index contributed by atoms with van der Waals surface area (Å²) in [7, 11) is 0. The van der Waals surface area contributed by atoms with Gasteiger partial charge in [-0.05, 0) is 18.3 Å². The summed E-state index contributed by atoms with van der Waals surface area (Å²) in [5, 5.41) is 10.7. The monoisotopic (exact) mass is 357 g/mol. The van der Waals surface area contributed by atoms with E-state index in [1.165, 1.54) is 0 Å². The summed E-state index contributed by atoms with van der Waals surface area (Å²) in [6, 6.07) is -0.477. The van der Waals surface area contributed by atoms with Gasteiger partial charge in [-0.2, -0.15) is 0 Å². The van der Waals surface area contributed by atoms with E-state index in [-0.39, 0.29) is 18.4 Å². The third-order valence-electron chi connectivity index (χ3n) is 3.80.